The summed E-state index contributed by atoms with van der Waals surface area (Å²) in [5, 5.41) is 0. The van der Waals surface area contributed by atoms with Crippen molar-refractivity contribution in [3.05, 3.63) is 77.7 Å². The Morgan fingerprint density at radius 1 is 1.24 bits per heavy atom. The van der Waals surface area contributed by atoms with Crippen LogP contribution >= 0.6 is 0 Å². The average Bonchev–Trinajstić information content (AvgIpc) is 3.01. The molecule has 1 radical (unpaired) electrons. The molecule has 0 amide bonds. The maximum Gasteiger partial charge on any atom is 0.255 e. The molecule has 3 rings (SSSR count). The zero-order chi connectivity index (χ0) is 14.5. The fourth-order valence-electron chi connectivity index (χ4n) is 1.99. The Morgan fingerprint density at radius 2 is 2.19 bits per heavy atom. The van der Waals surface area contributed by atoms with Crippen molar-refractivity contribution in [1.29, 1.82) is 0 Å². The molecule has 2 heterocycles. The molecule has 21 heavy (non-hydrogen) atoms. The van der Waals surface area contributed by atoms with Gasteiger partial charge in [-0.3, -0.25) is 9.36 Å². The molecule has 0 spiro atoms. The number of benzene rings is 1. The largest absolute Gasteiger partial charge is 0.491 e. The highest BCUT2D eigenvalue weighted by atomic mass is 16.5. The highest BCUT2D eigenvalue weighted by molar-refractivity contribution is 5.38. The van der Waals surface area contributed by atoms with Gasteiger partial charge in [0.25, 0.3) is 5.56 Å². The topological polar surface area (TPSA) is 49.0 Å². The second kappa shape index (κ2) is 6.09. The highest BCUT2D eigenvalue weighted by Gasteiger charge is 2.01. The molecular formula is C16H14N3O2. The normalized spacial score (nSPS) is 10.5. The van der Waals surface area contributed by atoms with E-state index in [1.54, 1.807) is 41.5 Å². The summed E-state index contributed by atoms with van der Waals surface area (Å²) in [6.45, 7) is 1.23. The molecule has 0 aliphatic heterocycles. The average molecular weight is 280 g/mol. The van der Waals surface area contributed by atoms with Crippen LogP contribution in [0.15, 0.2) is 66.1 Å². The molecular weight excluding hydrogens is 266 g/mol. The number of nitrogens with zero attached hydrogens (tertiary/aromatic N) is 3. The fraction of sp³-hybridized carbons (Fsp3) is 0.125. The Bertz CT molecular complexity index is 763. The lowest BCUT2D eigenvalue weighted by Gasteiger charge is -2.09. The lowest BCUT2D eigenvalue weighted by molar-refractivity contribution is 0.297. The van der Waals surface area contributed by atoms with Gasteiger partial charge in [0.15, 0.2) is 0 Å². The molecule has 105 valence electrons. The minimum Gasteiger partial charge on any atom is -0.491 e. The van der Waals surface area contributed by atoms with Crippen molar-refractivity contribution in [1.82, 2.24) is 14.1 Å². The summed E-state index contributed by atoms with van der Waals surface area (Å²) < 4.78 is 9.16. The van der Waals surface area contributed by atoms with Gasteiger partial charge in [-0.25, -0.2) is 4.98 Å². The maximum absolute atomic E-state index is 11.8. The van der Waals surface area contributed by atoms with E-state index < -0.39 is 0 Å². The zero-order valence-corrected chi connectivity index (χ0v) is 11.3. The third-order valence-electron chi connectivity index (χ3n) is 3.03. The summed E-state index contributed by atoms with van der Waals surface area (Å²) in [5.74, 6) is 0.614. The van der Waals surface area contributed by atoms with Crippen LogP contribution in [0.25, 0.3) is 5.69 Å². The van der Waals surface area contributed by atoms with Gasteiger partial charge in [-0.15, -0.1) is 0 Å². The zero-order valence-electron chi connectivity index (χ0n) is 11.3. The lowest BCUT2D eigenvalue weighted by atomic mass is 10.3. The molecule has 1 aromatic carbocycles. The summed E-state index contributed by atoms with van der Waals surface area (Å²) >= 11 is 0. The third kappa shape index (κ3) is 3.20. The number of imidazole rings is 1. The van der Waals surface area contributed by atoms with E-state index in [0.717, 1.165) is 5.69 Å². The first kappa shape index (κ1) is 13.2. The number of pyridine rings is 1. The Balaban J connectivity index is 1.71. The maximum atomic E-state index is 11.8. The van der Waals surface area contributed by atoms with E-state index in [-0.39, 0.29) is 5.56 Å². The van der Waals surface area contributed by atoms with E-state index in [9.17, 15) is 4.79 Å². The molecule has 0 N–H and O–H groups in total. The van der Waals surface area contributed by atoms with E-state index in [0.29, 0.717) is 18.9 Å². The number of ether oxygens (including phenoxy) is 1. The van der Waals surface area contributed by atoms with Gasteiger partial charge in [0.2, 0.25) is 0 Å². The lowest BCUT2D eigenvalue weighted by Crippen LogP contribution is -2.15. The first-order valence-electron chi connectivity index (χ1n) is 6.61. The van der Waals surface area contributed by atoms with Crippen LogP contribution in [0.1, 0.15) is 0 Å². The van der Waals surface area contributed by atoms with Gasteiger partial charge in [0.1, 0.15) is 12.4 Å². The second-order valence-electron chi connectivity index (χ2n) is 4.47. The van der Waals surface area contributed by atoms with Crippen molar-refractivity contribution in [3.63, 3.8) is 0 Å². The number of hydrogen-bond donors (Lipinski definition) is 0. The summed E-state index contributed by atoms with van der Waals surface area (Å²) in [4.78, 5) is 15.8. The minimum absolute atomic E-state index is 0.0759. The molecule has 0 saturated carbocycles. The quantitative estimate of drug-likeness (QED) is 0.717. The van der Waals surface area contributed by atoms with Crippen LogP contribution in [0.2, 0.25) is 0 Å². The van der Waals surface area contributed by atoms with Crippen LogP contribution in [-0.2, 0) is 6.54 Å². The summed E-state index contributed by atoms with van der Waals surface area (Å²) in [7, 11) is 0. The smallest absolute Gasteiger partial charge is 0.255 e. The molecule has 0 bridgehead atoms. The number of aromatic nitrogens is 3. The van der Waals surface area contributed by atoms with Gasteiger partial charge in [0, 0.05) is 36.8 Å². The Morgan fingerprint density at radius 3 is 3.00 bits per heavy atom. The van der Waals surface area contributed by atoms with Gasteiger partial charge >= 0.3 is 0 Å². The van der Waals surface area contributed by atoms with E-state index in [4.69, 9.17) is 4.74 Å². The molecule has 0 aliphatic rings. The Labute approximate surface area is 122 Å². The van der Waals surface area contributed by atoms with Crippen molar-refractivity contribution >= 4 is 0 Å². The monoisotopic (exact) mass is 280 g/mol. The van der Waals surface area contributed by atoms with Crippen LogP contribution in [0.4, 0.5) is 0 Å². The minimum atomic E-state index is -0.0759. The van der Waals surface area contributed by atoms with Gasteiger partial charge in [-0.1, -0.05) is 6.07 Å². The highest BCUT2D eigenvalue weighted by Crippen LogP contribution is 2.14. The molecule has 3 aromatic rings. The third-order valence-corrected chi connectivity index (χ3v) is 3.03. The molecule has 0 atom stereocenters. The fourth-order valence-corrected chi connectivity index (χ4v) is 1.99. The van der Waals surface area contributed by atoms with Gasteiger partial charge in [-0.2, -0.15) is 0 Å². The van der Waals surface area contributed by atoms with E-state index >= 15 is 0 Å². The molecule has 0 saturated heterocycles. The van der Waals surface area contributed by atoms with Gasteiger partial charge in [0.05, 0.1) is 18.6 Å². The molecule has 5 nitrogen and oxygen atoms in total. The van der Waals surface area contributed by atoms with E-state index in [1.165, 1.54) is 6.07 Å². The summed E-state index contributed by atoms with van der Waals surface area (Å²) in [5.41, 5.74) is 0.685. The van der Waals surface area contributed by atoms with Crippen molar-refractivity contribution in [2.75, 3.05) is 6.61 Å². The van der Waals surface area contributed by atoms with Crippen LogP contribution in [0.5, 0.6) is 5.75 Å². The Kier molecular flexibility index (Phi) is 3.82. The summed E-state index contributed by atoms with van der Waals surface area (Å²) in [6, 6.07) is 13.5. The van der Waals surface area contributed by atoms with E-state index in [1.807, 2.05) is 22.9 Å². The number of hydrogen-bond acceptors (Lipinski definition) is 3. The molecule has 0 aliphatic carbocycles. The van der Waals surface area contributed by atoms with Crippen molar-refractivity contribution in [2.45, 2.75) is 6.54 Å². The SMILES string of the molecule is O=c1ccccn1-c1cc[c]c(OCCn2ccnc2)c1. The van der Waals surface area contributed by atoms with Crippen molar-refractivity contribution < 1.29 is 4.74 Å². The van der Waals surface area contributed by atoms with Crippen molar-refractivity contribution in [3.8, 4) is 11.4 Å². The molecule has 5 heteroatoms. The number of rotatable bonds is 5. The van der Waals surface area contributed by atoms with Gasteiger partial charge < -0.3 is 9.30 Å². The molecule has 2 aromatic heterocycles. The van der Waals surface area contributed by atoms with Crippen LogP contribution in [-0.4, -0.2) is 20.7 Å². The molecule has 0 unspecified atom stereocenters. The van der Waals surface area contributed by atoms with Gasteiger partial charge in [-0.05, 0) is 18.2 Å². The van der Waals surface area contributed by atoms with Crippen LogP contribution in [0, 0.1) is 6.07 Å². The standard InChI is InChI=1S/C16H14N3O2/c20-16-6-1-2-8-19(16)14-4-3-5-15(12-14)21-11-10-18-9-7-17-13-18/h1-4,6-9,12-13H,10-11H2. The van der Waals surface area contributed by atoms with Crippen LogP contribution < -0.4 is 10.3 Å². The first-order valence-corrected chi connectivity index (χ1v) is 6.61. The second-order valence-corrected chi connectivity index (χ2v) is 4.47. The predicted molar refractivity (Wildman–Crippen MR) is 78.6 cm³/mol. The Hall–Kier alpha value is -2.82. The molecule has 0 fully saturated rings. The van der Waals surface area contributed by atoms with Crippen LogP contribution in [0.3, 0.4) is 0 Å². The predicted octanol–water partition coefficient (Wildman–Crippen LogP) is 1.91. The first-order chi connectivity index (χ1) is 10.3. The van der Waals surface area contributed by atoms with E-state index in [2.05, 4.69) is 11.1 Å². The summed E-state index contributed by atoms with van der Waals surface area (Å²) in [6.07, 6.45) is 7.08. The van der Waals surface area contributed by atoms with Crippen molar-refractivity contribution in [2.24, 2.45) is 0 Å².